The van der Waals surface area contributed by atoms with Crippen LogP contribution in [0.3, 0.4) is 0 Å². The van der Waals surface area contributed by atoms with Crippen LogP contribution in [-0.2, 0) is 11.2 Å². The van der Waals surface area contributed by atoms with Crippen molar-refractivity contribution >= 4 is 17.6 Å². The molecule has 0 spiro atoms. The van der Waals surface area contributed by atoms with E-state index in [-0.39, 0.29) is 23.6 Å². The molecule has 144 valence electrons. The van der Waals surface area contributed by atoms with Crippen LogP contribution < -0.4 is 10.1 Å². The van der Waals surface area contributed by atoms with Crippen molar-refractivity contribution in [3.05, 3.63) is 60.0 Å². The maximum atomic E-state index is 12.1. The standard InChI is InChI=1S/C20H19N3O5/c1-27-14-11-9-13(10-12-14)19-22-18(28-23-19)8-4-7-17(24)21-16-6-3-2-5-15(16)20(25)26/h2-3,5-6,9-12H,4,7-8H2,1H3,(H,21,24)(H,25,26). The Balaban J connectivity index is 1.52. The summed E-state index contributed by atoms with van der Waals surface area (Å²) in [5, 5.41) is 15.7. The van der Waals surface area contributed by atoms with Crippen LogP contribution in [0, 0.1) is 0 Å². The molecule has 8 heteroatoms. The molecule has 0 radical (unpaired) electrons. The van der Waals surface area contributed by atoms with E-state index in [2.05, 4.69) is 15.5 Å². The SMILES string of the molecule is COc1ccc(-c2noc(CCCC(=O)Nc3ccccc3C(=O)O)n2)cc1. The lowest BCUT2D eigenvalue weighted by molar-refractivity contribution is -0.116. The number of carboxylic acids is 1. The molecule has 0 saturated heterocycles. The molecule has 2 N–H and O–H groups in total. The number of aromatic nitrogens is 2. The Morgan fingerprint density at radius 2 is 1.89 bits per heavy atom. The monoisotopic (exact) mass is 381 g/mol. The van der Waals surface area contributed by atoms with E-state index in [4.69, 9.17) is 14.4 Å². The molecule has 3 rings (SSSR count). The number of carbonyl (C=O) groups excluding carboxylic acids is 1. The number of aryl methyl sites for hydroxylation is 1. The number of amides is 1. The molecule has 0 bridgehead atoms. The third-order valence-corrected chi connectivity index (χ3v) is 4.04. The minimum atomic E-state index is -1.09. The Bertz CT molecular complexity index is 966. The number of rotatable bonds is 8. The predicted molar refractivity (Wildman–Crippen MR) is 101 cm³/mol. The number of methoxy groups -OCH3 is 1. The highest BCUT2D eigenvalue weighted by molar-refractivity contribution is 6.00. The minimum Gasteiger partial charge on any atom is -0.497 e. The second-order valence-electron chi connectivity index (χ2n) is 5.99. The fourth-order valence-corrected chi connectivity index (χ4v) is 2.61. The highest BCUT2D eigenvalue weighted by atomic mass is 16.5. The number of benzene rings is 2. The van der Waals surface area contributed by atoms with Crippen LogP contribution >= 0.6 is 0 Å². The van der Waals surface area contributed by atoms with Gasteiger partial charge in [-0.25, -0.2) is 4.79 Å². The number of para-hydroxylation sites is 1. The van der Waals surface area contributed by atoms with Gasteiger partial charge in [0.2, 0.25) is 17.6 Å². The number of anilines is 1. The van der Waals surface area contributed by atoms with Gasteiger partial charge < -0.3 is 19.7 Å². The number of carboxylic acid groups (broad SMARTS) is 1. The number of hydrogen-bond donors (Lipinski definition) is 2. The summed E-state index contributed by atoms with van der Waals surface area (Å²) >= 11 is 0. The van der Waals surface area contributed by atoms with Gasteiger partial charge in [-0.2, -0.15) is 4.98 Å². The van der Waals surface area contributed by atoms with Crippen LogP contribution in [0.5, 0.6) is 5.75 Å². The Labute approximate surface area is 161 Å². The van der Waals surface area contributed by atoms with Gasteiger partial charge in [0.15, 0.2) is 0 Å². The molecule has 0 unspecified atom stereocenters. The van der Waals surface area contributed by atoms with E-state index in [1.165, 1.54) is 6.07 Å². The molecule has 1 heterocycles. The van der Waals surface area contributed by atoms with Crippen molar-refractivity contribution in [3.8, 4) is 17.1 Å². The van der Waals surface area contributed by atoms with Gasteiger partial charge in [0.25, 0.3) is 0 Å². The Hall–Kier alpha value is -3.68. The van der Waals surface area contributed by atoms with Gasteiger partial charge in [-0.3, -0.25) is 4.79 Å². The van der Waals surface area contributed by atoms with Crippen LogP contribution in [-0.4, -0.2) is 34.2 Å². The summed E-state index contributed by atoms with van der Waals surface area (Å²) < 4.78 is 10.3. The lowest BCUT2D eigenvalue weighted by Crippen LogP contribution is -2.14. The van der Waals surface area contributed by atoms with Gasteiger partial charge in [-0.15, -0.1) is 0 Å². The summed E-state index contributed by atoms with van der Waals surface area (Å²) in [6, 6.07) is 13.6. The van der Waals surface area contributed by atoms with Gasteiger partial charge >= 0.3 is 5.97 Å². The Kier molecular flexibility index (Phi) is 6.01. The molecule has 28 heavy (non-hydrogen) atoms. The molecular weight excluding hydrogens is 362 g/mol. The molecule has 0 fully saturated rings. The smallest absolute Gasteiger partial charge is 0.337 e. The van der Waals surface area contributed by atoms with Crippen LogP contribution in [0.25, 0.3) is 11.4 Å². The summed E-state index contributed by atoms with van der Waals surface area (Å²) in [7, 11) is 1.60. The molecule has 0 aliphatic carbocycles. The van der Waals surface area contributed by atoms with E-state index in [1.807, 2.05) is 24.3 Å². The lowest BCUT2D eigenvalue weighted by Gasteiger charge is -2.07. The number of carbonyl (C=O) groups is 2. The number of hydrogen-bond acceptors (Lipinski definition) is 6. The van der Waals surface area contributed by atoms with E-state index >= 15 is 0 Å². The van der Waals surface area contributed by atoms with Crippen molar-refractivity contribution in [2.75, 3.05) is 12.4 Å². The summed E-state index contributed by atoms with van der Waals surface area (Å²) in [5.41, 5.74) is 1.13. The molecule has 1 amide bonds. The molecule has 0 atom stereocenters. The van der Waals surface area contributed by atoms with Crippen LogP contribution in [0.4, 0.5) is 5.69 Å². The molecular formula is C20H19N3O5. The first-order valence-electron chi connectivity index (χ1n) is 8.66. The third-order valence-electron chi connectivity index (χ3n) is 4.04. The normalized spacial score (nSPS) is 10.5. The van der Waals surface area contributed by atoms with E-state index in [0.717, 1.165) is 11.3 Å². The van der Waals surface area contributed by atoms with E-state index in [1.54, 1.807) is 25.3 Å². The van der Waals surface area contributed by atoms with Crippen molar-refractivity contribution < 1.29 is 24.0 Å². The lowest BCUT2D eigenvalue weighted by atomic mass is 10.1. The molecule has 0 saturated carbocycles. The van der Waals surface area contributed by atoms with Crippen LogP contribution in [0.1, 0.15) is 29.1 Å². The molecule has 1 aromatic heterocycles. The number of nitrogens with zero attached hydrogens (tertiary/aromatic N) is 2. The summed E-state index contributed by atoms with van der Waals surface area (Å²) in [6.45, 7) is 0. The zero-order valence-corrected chi connectivity index (χ0v) is 15.2. The average molecular weight is 381 g/mol. The zero-order valence-electron chi connectivity index (χ0n) is 15.2. The van der Waals surface area contributed by atoms with Crippen LogP contribution in [0.2, 0.25) is 0 Å². The second-order valence-corrected chi connectivity index (χ2v) is 5.99. The van der Waals surface area contributed by atoms with Crippen molar-refractivity contribution in [1.29, 1.82) is 0 Å². The van der Waals surface area contributed by atoms with Gasteiger partial charge in [0, 0.05) is 18.4 Å². The van der Waals surface area contributed by atoms with Gasteiger partial charge in [0.1, 0.15) is 5.75 Å². The van der Waals surface area contributed by atoms with Crippen LogP contribution in [0.15, 0.2) is 53.1 Å². The van der Waals surface area contributed by atoms with Gasteiger partial charge in [-0.1, -0.05) is 17.3 Å². The average Bonchev–Trinajstić information content (AvgIpc) is 3.17. The first-order chi connectivity index (χ1) is 13.6. The molecule has 8 nitrogen and oxygen atoms in total. The summed E-state index contributed by atoms with van der Waals surface area (Å²) in [4.78, 5) is 27.6. The van der Waals surface area contributed by atoms with Gasteiger partial charge in [-0.05, 0) is 42.8 Å². The largest absolute Gasteiger partial charge is 0.497 e. The zero-order chi connectivity index (χ0) is 19.9. The topological polar surface area (TPSA) is 115 Å². The van der Waals surface area contributed by atoms with E-state index in [9.17, 15) is 9.59 Å². The van der Waals surface area contributed by atoms with Crippen molar-refractivity contribution in [2.24, 2.45) is 0 Å². The van der Waals surface area contributed by atoms with Gasteiger partial charge in [0.05, 0.1) is 18.4 Å². The van der Waals surface area contributed by atoms with Crippen molar-refractivity contribution in [3.63, 3.8) is 0 Å². The quantitative estimate of drug-likeness (QED) is 0.614. The molecule has 2 aromatic carbocycles. The first-order valence-corrected chi connectivity index (χ1v) is 8.66. The highest BCUT2D eigenvalue weighted by Gasteiger charge is 2.13. The molecule has 0 aliphatic heterocycles. The predicted octanol–water partition coefficient (Wildman–Crippen LogP) is 3.40. The highest BCUT2D eigenvalue weighted by Crippen LogP contribution is 2.20. The maximum absolute atomic E-state index is 12.1. The number of ether oxygens (including phenoxy) is 1. The summed E-state index contributed by atoms with van der Waals surface area (Å²) in [6.07, 6.45) is 1.14. The van der Waals surface area contributed by atoms with E-state index in [0.29, 0.717) is 24.6 Å². The number of aromatic carboxylic acids is 1. The Morgan fingerprint density at radius 1 is 1.14 bits per heavy atom. The summed E-state index contributed by atoms with van der Waals surface area (Å²) in [5.74, 6) is 0.279. The van der Waals surface area contributed by atoms with Crippen molar-refractivity contribution in [1.82, 2.24) is 10.1 Å². The van der Waals surface area contributed by atoms with Crippen molar-refractivity contribution in [2.45, 2.75) is 19.3 Å². The third kappa shape index (κ3) is 4.73. The molecule has 0 aliphatic rings. The second kappa shape index (κ2) is 8.81. The van der Waals surface area contributed by atoms with E-state index < -0.39 is 5.97 Å². The Morgan fingerprint density at radius 3 is 2.61 bits per heavy atom. The minimum absolute atomic E-state index is 0.0527. The number of nitrogens with one attached hydrogen (secondary N) is 1. The first kappa shape index (κ1) is 19.1. The fourth-order valence-electron chi connectivity index (χ4n) is 2.61. The fraction of sp³-hybridized carbons (Fsp3) is 0.200. The molecule has 3 aromatic rings. The maximum Gasteiger partial charge on any atom is 0.337 e.